The normalized spacial score (nSPS) is 10.3. The number of hydrogen-bond acceptors (Lipinski definition) is 4. The summed E-state index contributed by atoms with van der Waals surface area (Å²) >= 11 is 0. The minimum atomic E-state index is -0.258. The third kappa shape index (κ3) is 3.89. The highest BCUT2D eigenvalue weighted by molar-refractivity contribution is 5.89. The molecule has 0 aliphatic rings. The second-order valence-corrected chi connectivity index (χ2v) is 5.57. The molecule has 0 saturated heterocycles. The Kier molecular flexibility index (Phi) is 4.56. The van der Waals surface area contributed by atoms with Gasteiger partial charge < -0.3 is 21.1 Å². The van der Waals surface area contributed by atoms with Gasteiger partial charge in [-0.1, -0.05) is 0 Å². The van der Waals surface area contributed by atoms with Crippen LogP contribution in [0.15, 0.2) is 48.5 Å². The third-order valence-corrected chi connectivity index (χ3v) is 3.73. The molecule has 7 heteroatoms. The number of H-pyrrole nitrogens is 1. The second-order valence-electron chi connectivity index (χ2n) is 5.57. The number of hydrogen-bond donors (Lipinski definition) is 5. The molecule has 0 unspecified atom stereocenters. The molecular weight excluding hydrogens is 318 g/mol. The zero-order chi connectivity index (χ0) is 17.8. The first-order valence-corrected chi connectivity index (χ1v) is 7.76. The summed E-state index contributed by atoms with van der Waals surface area (Å²) < 4.78 is 0. The molecule has 0 aliphatic carbocycles. The fraction of sp³-hybridized carbons (Fsp3) is 0.111. The van der Waals surface area contributed by atoms with Crippen LogP contribution < -0.4 is 16.0 Å². The van der Waals surface area contributed by atoms with Gasteiger partial charge in [-0.25, -0.2) is 4.79 Å². The van der Waals surface area contributed by atoms with Gasteiger partial charge in [-0.15, -0.1) is 0 Å². The molecule has 3 aromatic rings. The Bertz CT molecular complexity index is 887. The van der Waals surface area contributed by atoms with Crippen LogP contribution in [-0.4, -0.2) is 28.4 Å². The van der Waals surface area contributed by atoms with E-state index in [1.165, 1.54) is 0 Å². The van der Waals surface area contributed by atoms with Gasteiger partial charge in [0.25, 0.3) is 0 Å². The van der Waals surface area contributed by atoms with Crippen molar-refractivity contribution < 1.29 is 9.90 Å². The molecule has 5 N–H and O–H groups in total. The van der Waals surface area contributed by atoms with Crippen molar-refractivity contribution in [3.05, 3.63) is 54.1 Å². The maximum absolute atomic E-state index is 11.4. The molecule has 1 heterocycles. The van der Waals surface area contributed by atoms with E-state index in [0.29, 0.717) is 11.5 Å². The van der Waals surface area contributed by atoms with Gasteiger partial charge in [-0.2, -0.15) is 5.10 Å². The molecule has 0 radical (unpaired) electrons. The summed E-state index contributed by atoms with van der Waals surface area (Å²) in [6.07, 6.45) is 0. The number of nitrogens with zero attached hydrogens (tertiary/aromatic N) is 1. The number of rotatable bonds is 4. The van der Waals surface area contributed by atoms with E-state index in [0.717, 1.165) is 22.5 Å². The van der Waals surface area contributed by atoms with E-state index in [-0.39, 0.29) is 11.8 Å². The van der Waals surface area contributed by atoms with Crippen LogP contribution >= 0.6 is 0 Å². The number of urea groups is 1. The fourth-order valence-corrected chi connectivity index (χ4v) is 2.39. The molecule has 1 aromatic heterocycles. The minimum Gasteiger partial charge on any atom is -0.508 e. The topological polar surface area (TPSA) is 102 Å². The maximum atomic E-state index is 11.4. The predicted molar refractivity (Wildman–Crippen MR) is 98.2 cm³/mol. The van der Waals surface area contributed by atoms with Crippen LogP contribution in [0.25, 0.3) is 11.3 Å². The lowest BCUT2D eigenvalue weighted by Gasteiger charge is -2.10. The maximum Gasteiger partial charge on any atom is 0.318 e. The Morgan fingerprint density at radius 1 is 1.12 bits per heavy atom. The monoisotopic (exact) mass is 337 g/mol. The number of phenols is 1. The summed E-state index contributed by atoms with van der Waals surface area (Å²) in [6, 6.07) is 14.1. The lowest BCUT2D eigenvalue weighted by molar-refractivity contribution is 0.254. The largest absolute Gasteiger partial charge is 0.508 e. The van der Waals surface area contributed by atoms with E-state index in [9.17, 15) is 9.90 Å². The number of aromatic amines is 1. The highest BCUT2D eigenvalue weighted by Gasteiger charge is 2.07. The summed E-state index contributed by atoms with van der Waals surface area (Å²) in [5.41, 5.74) is 4.36. The first-order valence-electron chi connectivity index (χ1n) is 7.76. The van der Waals surface area contributed by atoms with Gasteiger partial charge in [0.2, 0.25) is 0 Å². The van der Waals surface area contributed by atoms with Crippen molar-refractivity contribution in [1.29, 1.82) is 0 Å². The van der Waals surface area contributed by atoms with Gasteiger partial charge in [0, 0.05) is 24.5 Å². The van der Waals surface area contributed by atoms with Crippen molar-refractivity contribution in [3.8, 4) is 17.0 Å². The van der Waals surface area contributed by atoms with Crippen LogP contribution in [-0.2, 0) is 0 Å². The zero-order valence-electron chi connectivity index (χ0n) is 13.9. The van der Waals surface area contributed by atoms with E-state index in [2.05, 4.69) is 26.1 Å². The molecule has 0 spiro atoms. The van der Waals surface area contributed by atoms with Crippen molar-refractivity contribution in [2.75, 3.05) is 17.7 Å². The van der Waals surface area contributed by atoms with Crippen LogP contribution in [0, 0.1) is 6.92 Å². The number of carbonyl (C=O) groups is 1. The second kappa shape index (κ2) is 6.96. The number of aryl methyl sites for hydroxylation is 1. The minimum absolute atomic E-state index is 0.225. The van der Waals surface area contributed by atoms with E-state index in [1.807, 2.05) is 43.3 Å². The van der Waals surface area contributed by atoms with Crippen molar-refractivity contribution in [2.24, 2.45) is 0 Å². The average molecular weight is 337 g/mol. The lowest BCUT2D eigenvalue weighted by Crippen LogP contribution is -2.24. The molecule has 0 atom stereocenters. The molecule has 3 rings (SSSR count). The number of phenolic OH excluding ortho intramolecular Hbond substituents is 1. The third-order valence-electron chi connectivity index (χ3n) is 3.73. The van der Waals surface area contributed by atoms with Crippen LogP contribution in [0.4, 0.5) is 22.0 Å². The predicted octanol–water partition coefficient (Wildman–Crippen LogP) is 3.59. The van der Waals surface area contributed by atoms with Crippen molar-refractivity contribution >= 4 is 23.2 Å². The smallest absolute Gasteiger partial charge is 0.318 e. The van der Waals surface area contributed by atoms with Crippen molar-refractivity contribution in [3.63, 3.8) is 0 Å². The zero-order valence-corrected chi connectivity index (χ0v) is 13.9. The Morgan fingerprint density at radius 2 is 1.88 bits per heavy atom. The summed E-state index contributed by atoms with van der Waals surface area (Å²) in [5.74, 6) is 0.904. The van der Waals surface area contributed by atoms with Crippen molar-refractivity contribution in [1.82, 2.24) is 15.5 Å². The van der Waals surface area contributed by atoms with E-state index in [1.54, 1.807) is 19.2 Å². The Balaban J connectivity index is 1.74. The molecule has 2 aromatic carbocycles. The molecule has 2 amide bonds. The average Bonchev–Trinajstić information content (AvgIpc) is 3.06. The summed E-state index contributed by atoms with van der Waals surface area (Å²) in [7, 11) is 1.57. The lowest BCUT2D eigenvalue weighted by atomic mass is 10.1. The Labute approximate surface area is 145 Å². The summed E-state index contributed by atoms with van der Waals surface area (Å²) in [4.78, 5) is 11.4. The highest BCUT2D eigenvalue weighted by atomic mass is 16.3. The van der Waals surface area contributed by atoms with E-state index in [4.69, 9.17) is 0 Å². The first kappa shape index (κ1) is 16.4. The van der Waals surface area contributed by atoms with Gasteiger partial charge in [-0.3, -0.25) is 5.10 Å². The standard InChI is InChI=1S/C18H19N5O2/c1-11-9-13(20-18(25)19-2)5-8-15(11)21-17-10-16(22-23-17)12-3-6-14(24)7-4-12/h3-10,24H,1-2H3,(H2,19,20,25)(H2,21,22,23). The molecular formula is C18H19N5O2. The van der Waals surface area contributed by atoms with Crippen LogP contribution in [0.5, 0.6) is 5.75 Å². The summed E-state index contributed by atoms with van der Waals surface area (Å²) in [5, 5.41) is 25.1. The first-order chi connectivity index (χ1) is 12.0. The van der Waals surface area contributed by atoms with Gasteiger partial charge in [0.15, 0.2) is 5.82 Å². The van der Waals surface area contributed by atoms with Crippen LogP contribution in [0.2, 0.25) is 0 Å². The van der Waals surface area contributed by atoms with E-state index >= 15 is 0 Å². The van der Waals surface area contributed by atoms with Crippen molar-refractivity contribution in [2.45, 2.75) is 6.92 Å². The number of aromatic nitrogens is 2. The molecule has 7 nitrogen and oxygen atoms in total. The highest BCUT2D eigenvalue weighted by Crippen LogP contribution is 2.26. The van der Waals surface area contributed by atoms with E-state index < -0.39 is 0 Å². The number of anilines is 3. The van der Waals surface area contributed by atoms with Crippen LogP contribution in [0.3, 0.4) is 0 Å². The number of amides is 2. The molecule has 25 heavy (non-hydrogen) atoms. The van der Waals surface area contributed by atoms with Gasteiger partial charge in [-0.05, 0) is 60.5 Å². The molecule has 0 aliphatic heterocycles. The molecule has 0 fully saturated rings. The number of aromatic hydroxyl groups is 1. The Hall–Kier alpha value is -3.48. The molecule has 128 valence electrons. The Morgan fingerprint density at radius 3 is 2.56 bits per heavy atom. The summed E-state index contributed by atoms with van der Waals surface area (Å²) in [6.45, 7) is 1.95. The van der Waals surface area contributed by atoms with Gasteiger partial charge >= 0.3 is 6.03 Å². The SMILES string of the molecule is CNC(=O)Nc1ccc(Nc2cc(-c3ccc(O)cc3)[nH]n2)c(C)c1. The van der Waals surface area contributed by atoms with Crippen LogP contribution in [0.1, 0.15) is 5.56 Å². The number of benzene rings is 2. The molecule has 0 bridgehead atoms. The fourth-order valence-electron chi connectivity index (χ4n) is 2.39. The molecule has 0 saturated carbocycles. The number of nitrogens with one attached hydrogen (secondary N) is 4. The van der Waals surface area contributed by atoms with Gasteiger partial charge in [0.05, 0.1) is 5.69 Å². The number of carbonyl (C=O) groups excluding carboxylic acids is 1. The van der Waals surface area contributed by atoms with Gasteiger partial charge in [0.1, 0.15) is 5.75 Å². The quantitative estimate of drug-likeness (QED) is 0.502.